The molecular formula is C25H33N3O3. The van der Waals surface area contributed by atoms with Gasteiger partial charge in [-0.2, -0.15) is 0 Å². The molecule has 2 aromatic rings. The zero-order chi connectivity index (χ0) is 23.1. The summed E-state index contributed by atoms with van der Waals surface area (Å²) < 4.78 is 0. The van der Waals surface area contributed by atoms with E-state index in [1.807, 2.05) is 65.0 Å². The van der Waals surface area contributed by atoms with E-state index >= 15 is 0 Å². The Morgan fingerprint density at radius 2 is 1.52 bits per heavy atom. The van der Waals surface area contributed by atoms with E-state index in [0.717, 1.165) is 22.4 Å². The molecule has 31 heavy (non-hydrogen) atoms. The Morgan fingerprint density at radius 3 is 2.06 bits per heavy atom. The number of nitrogens with zero attached hydrogens (tertiary/aromatic N) is 1. The van der Waals surface area contributed by atoms with E-state index in [1.165, 1.54) is 4.90 Å². The topological polar surface area (TPSA) is 78.5 Å². The fraction of sp³-hybridized carbons (Fsp3) is 0.400. The molecule has 0 aliphatic carbocycles. The minimum absolute atomic E-state index is 0.116. The summed E-state index contributed by atoms with van der Waals surface area (Å²) in [4.78, 5) is 39.5. The summed E-state index contributed by atoms with van der Waals surface area (Å²) in [5, 5.41) is 5.75. The number of hydrogen-bond acceptors (Lipinski definition) is 3. The van der Waals surface area contributed by atoms with Crippen LogP contribution in [0.1, 0.15) is 48.6 Å². The first kappa shape index (κ1) is 24.1. The van der Waals surface area contributed by atoms with Crippen LogP contribution in [0, 0.1) is 26.7 Å². The van der Waals surface area contributed by atoms with Crippen molar-refractivity contribution in [1.82, 2.24) is 10.2 Å². The van der Waals surface area contributed by atoms with Crippen LogP contribution >= 0.6 is 0 Å². The van der Waals surface area contributed by atoms with Gasteiger partial charge in [-0.15, -0.1) is 0 Å². The summed E-state index contributed by atoms with van der Waals surface area (Å²) in [7, 11) is 1.57. The summed E-state index contributed by atoms with van der Waals surface area (Å²) >= 11 is 0. The zero-order valence-electron chi connectivity index (χ0n) is 19.3. The van der Waals surface area contributed by atoms with Crippen LogP contribution in [-0.4, -0.2) is 36.2 Å². The van der Waals surface area contributed by atoms with Crippen molar-refractivity contribution >= 4 is 23.4 Å². The molecule has 0 bridgehead atoms. The maximum atomic E-state index is 13.2. The van der Waals surface area contributed by atoms with Crippen LogP contribution < -0.4 is 10.6 Å². The molecule has 0 saturated carbocycles. The number of carbonyl (C=O) groups excluding carboxylic acids is 3. The first-order valence-corrected chi connectivity index (χ1v) is 10.6. The summed E-state index contributed by atoms with van der Waals surface area (Å²) in [5.74, 6) is -0.640. The van der Waals surface area contributed by atoms with E-state index in [9.17, 15) is 14.4 Å². The molecule has 2 N–H and O–H groups in total. The van der Waals surface area contributed by atoms with Crippen LogP contribution in [0.3, 0.4) is 0 Å². The van der Waals surface area contributed by atoms with Crippen molar-refractivity contribution in [2.24, 2.45) is 5.92 Å². The van der Waals surface area contributed by atoms with E-state index in [2.05, 4.69) is 10.6 Å². The number of rotatable bonds is 8. The first-order valence-electron chi connectivity index (χ1n) is 10.6. The highest BCUT2D eigenvalue weighted by atomic mass is 16.2. The lowest BCUT2D eigenvalue weighted by Gasteiger charge is -2.25. The Balaban J connectivity index is 2.13. The molecule has 0 aliphatic rings. The molecule has 1 unspecified atom stereocenters. The molecule has 0 spiro atoms. The normalized spacial score (nSPS) is 11.7. The predicted molar refractivity (Wildman–Crippen MR) is 124 cm³/mol. The third-order valence-electron chi connectivity index (χ3n) is 4.98. The van der Waals surface area contributed by atoms with Gasteiger partial charge in [0.2, 0.25) is 17.7 Å². The molecule has 0 aromatic heterocycles. The molecule has 0 saturated heterocycles. The quantitative estimate of drug-likeness (QED) is 0.676. The third-order valence-corrected chi connectivity index (χ3v) is 4.98. The highest BCUT2D eigenvalue weighted by molar-refractivity contribution is 5.97. The SMILES string of the molecule is Cc1cc(C)c(NC(=O)CN(C)C(=O)C(NC(=O)CC(C)C)c2ccccc2)c(C)c1. The van der Waals surface area contributed by atoms with Crippen molar-refractivity contribution in [3.63, 3.8) is 0 Å². The van der Waals surface area contributed by atoms with E-state index in [4.69, 9.17) is 0 Å². The average molecular weight is 424 g/mol. The van der Waals surface area contributed by atoms with Crippen LogP contribution in [0.15, 0.2) is 42.5 Å². The van der Waals surface area contributed by atoms with Crippen LogP contribution in [-0.2, 0) is 14.4 Å². The monoisotopic (exact) mass is 423 g/mol. The lowest BCUT2D eigenvalue weighted by molar-refractivity contribution is -0.137. The summed E-state index contributed by atoms with van der Waals surface area (Å²) in [6.07, 6.45) is 0.326. The number of benzene rings is 2. The molecule has 2 rings (SSSR count). The van der Waals surface area contributed by atoms with E-state index in [1.54, 1.807) is 19.2 Å². The molecule has 166 valence electrons. The Kier molecular flexibility index (Phi) is 8.37. The van der Waals surface area contributed by atoms with Crippen LogP contribution in [0.2, 0.25) is 0 Å². The summed E-state index contributed by atoms with van der Waals surface area (Å²) in [6, 6.07) is 12.3. The van der Waals surface area contributed by atoms with Crippen LogP contribution in [0.5, 0.6) is 0 Å². The third kappa shape index (κ3) is 6.95. The largest absolute Gasteiger partial charge is 0.341 e. The zero-order valence-corrected chi connectivity index (χ0v) is 19.3. The molecule has 6 nitrogen and oxygen atoms in total. The minimum Gasteiger partial charge on any atom is -0.341 e. The van der Waals surface area contributed by atoms with Crippen molar-refractivity contribution in [2.75, 3.05) is 18.9 Å². The highest BCUT2D eigenvalue weighted by Crippen LogP contribution is 2.22. The number of hydrogen-bond donors (Lipinski definition) is 2. The molecule has 1 atom stereocenters. The molecule has 0 radical (unpaired) electrons. The predicted octanol–water partition coefficient (Wildman–Crippen LogP) is 3.91. The summed E-state index contributed by atoms with van der Waals surface area (Å²) in [5.41, 5.74) is 4.53. The Labute approximate surface area is 185 Å². The molecule has 2 aromatic carbocycles. The van der Waals surface area contributed by atoms with Gasteiger partial charge >= 0.3 is 0 Å². The van der Waals surface area contributed by atoms with Crippen LogP contribution in [0.4, 0.5) is 5.69 Å². The molecule has 0 fully saturated rings. The molecular weight excluding hydrogens is 390 g/mol. The minimum atomic E-state index is -0.840. The van der Waals surface area contributed by atoms with Crippen molar-refractivity contribution in [3.8, 4) is 0 Å². The fourth-order valence-corrected chi connectivity index (χ4v) is 3.59. The average Bonchev–Trinajstić information content (AvgIpc) is 2.68. The van der Waals surface area contributed by atoms with Gasteiger partial charge in [-0.1, -0.05) is 61.9 Å². The van der Waals surface area contributed by atoms with E-state index in [-0.39, 0.29) is 30.2 Å². The second kappa shape index (κ2) is 10.8. The number of nitrogens with one attached hydrogen (secondary N) is 2. The number of anilines is 1. The van der Waals surface area contributed by atoms with Gasteiger partial charge in [0.05, 0.1) is 6.54 Å². The molecule has 3 amide bonds. The van der Waals surface area contributed by atoms with Gasteiger partial charge in [0, 0.05) is 19.2 Å². The maximum absolute atomic E-state index is 13.2. The van der Waals surface area contributed by atoms with Gasteiger partial charge in [0.15, 0.2) is 0 Å². The van der Waals surface area contributed by atoms with Gasteiger partial charge in [0.1, 0.15) is 6.04 Å². The molecule has 0 aliphatic heterocycles. The Morgan fingerprint density at radius 1 is 0.935 bits per heavy atom. The van der Waals surface area contributed by atoms with E-state index < -0.39 is 6.04 Å². The number of amides is 3. The van der Waals surface area contributed by atoms with Crippen molar-refractivity contribution in [2.45, 2.75) is 47.1 Å². The number of likely N-dealkylation sites (N-methyl/N-ethyl adjacent to an activating group) is 1. The standard InChI is InChI=1S/C25H33N3O3/c1-16(2)12-21(29)26-24(20-10-8-7-9-11-20)25(31)28(6)15-22(30)27-23-18(4)13-17(3)14-19(23)5/h7-11,13-14,16,24H,12,15H2,1-6H3,(H,26,29)(H,27,30). The van der Waals surface area contributed by atoms with Crippen molar-refractivity contribution < 1.29 is 14.4 Å². The number of aryl methyl sites for hydroxylation is 3. The Bertz CT molecular complexity index is 915. The van der Waals surface area contributed by atoms with Gasteiger partial charge in [0.25, 0.3) is 0 Å². The van der Waals surface area contributed by atoms with Crippen molar-refractivity contribution in [1.29, 1.82) is 0 Å². The Hall–Kier alpha value is -3.15. The first-order chi connectivity index (χ1) is 14.6. The highest BCUT2D eigenvalue weighted by Gasteiger charge is 2.27. The molecule has 0 heterocycles. The van der Waals surface area contributed by atoms with Crippen molar-refractivity contribution in [3.05, 3.63) is 64.7 Å². The maximum Gasteiger partial charge on any atom is 0.250 e. The summed E-state index contributed by atoms with van der Waals surface area (Å²) in [6.45, 7) is 9.68. The van der Waals surface area contributed by atoms with Gasteiger partial charge < -0.3 is 15.5 Å². The number of carbonyl (C=O) groups is 3. The smallest absolute Gasteiger partial charge is 0.250 e. The fourth-order valence-electron chi connectivity index (χ4n) is 3.59. The lowest BCUT2D eigenvalue weighted by atomic mass is 10.0. The van der Waals surface area contributed by atoms with Gasteiger partial charge in [-0.3, -0.25) is 14.4 Å². The van der Waals surface area contributed by atoms with Gasteiger partial charge in [-0.05, 0) is 43.4 Å². The lowest BCUT2D eigenvalue weighted by Crippen LogP contribution is -2.44. The van der Waals surface area contributed by atoms with E-state index in [0.29, 0.717) is 12.0 Å². The van der Waals surface area contributed by atoms with Crippen LogP contribution in [0.25, 0.3) is 0 Å². The second-order valence-electron chi connectivity index (χ2n) is 8.53. The molecule has 6 heteroatoms. The second-order valence-corrected chi connectivity index (χ2v) is 8.53. The van der Waals surface area contributed by atoms with Gasteiger partial charge in [-0.25, -0.2) is 0 Å².